The monoisotopic (exact) mass is 411 g/mol. The van der Waals surface area contributed by atoms with Crippen LogP contribution in [0.1, 0.15) is 30.4 Å². The molecule has 1 fully saturated rings. The van der Waals surface area contributed by atoms with Gasteiger partial charge in [0.05, 0.1) is 5.00 Å². The highest BCUT2D eigenvalue weighted by Crippen LogP contribution is 2.24. The molecule has 6 heteroatoms. The molecule has 0 bridgehead atoms. The summed E-state index contributed by atoms with van der Waals surface area (Å²) < 4.78 is 0. The van der Waals surface area contributed by atoms with Crippen LogP contribution < -0.4 is 15.5 Å². The highest BCUT2D eigenvalue weighted by molar-refractivity contribution is 7.14. The van der Waals surface area contributed by atoms with E-state index in [-0.39, 0.29) is 0 Å². The molecule has 0 spiro atoms. The molecule has 0 radical (unpaired) electrons. The second-order valence-electron chi connectivity index (χ2n) is 8.00. The number of nitrogens with zero attached hydrogens (tertiary/aromatic N) is 3. The van der Waals surface area contributed by atoms with Crippen molar-refractivity contribution in [2.45, 2.75) is 38.3 Å². The topological polar surface area (TPSA) is 42.9 Å². The van der Waals surface area contributed by atoms with Gasteiger partial charge in [-0.05, 0) is 54.3 Å². The van der Waals surface area contributed by atoms with Crippen molar-refractivity contribution in [2.24, 2.45) is 4.99 Å². The molecule has 0 unspecified atom stereocenters. The molecule has 156 valence electrons. The van der Waals surface area contributed by atoms with Crippen LogP contribution >= 0.6 is 11.3 Å². The van der Waals surface area contributed by atoms with Crippen molar-refractivity contribution < 1.29 is 0 Å². The fourth-order valence-corrected chi connectivity index (χ4v) is 5.12. The van der Waals surface area contributed by atoms with Gasteiger partial charge < -0.3 is 15.5 Å². The number of rotatable bonds is 6. The van der Waals surface area contributed by atoms with Gasteiger partial charge in [-0.2, -0.15) is 0 Å². The number of thiophene rings is 1. The Kier molecular flexibility index (Phi) is 7.06. The second kappa shape index (κ2) is 10.1. The molecule has 5 nitrogen and oxygen atoms in total. The van der Waals surface area contributed by atoms with Crippen molar-refractivity contribution >= 4 is 22.3 Å². The number of nitrogens with one attached hydrogen (secondary N) is 2. The van der Waals surface area contributed by atoms with Gasteiger partial charge >= 0.3 is 0 Å². The number of benzene rings is 1. The predicted octanol–water partition coefficient (Wildman–Crippen LogP) is 3.33. The third-order valence-electron chi connectivity index (χ3n) is 6.03. The van der Waals surface area contributed by atoms with Crippen LogP contribution in [0.15, 0.2) is 46.8 Å². The van der Waals surface area contributed by atoms with Gasteiger partial charge in [0.2, 0.25) is 0 Å². The number of hydrogen-bond donors (Lipinski definition) is 2. The number of anilines is 1. The van der Waals surface area contributed by atoms with E-state index in [1.54, 1.807) is 0 Å². The lowest BCUT2D eigenvalue weighted by molar-refractivity contribution is 0.251. The van der Waals surface area contributed by atoms with Crippen LogP contribution in [0.3, 0.4) is 0 Å². The summed E-state index contributed by atoms with van der Waals surface area (Å²) in [6, 6.07) is 13.7. The van der Waals surface area contributed by atoms with Crippen molar-refractivity contribution in [3.05, 3.63) is 52.9 Å². The Morgan fingerprint density at radius 3 is 2.69 bits per heavy atom. The lowest BCUT2D eigenvalue weighted by atomic mass is 10.00. The van der Waals surface area contributed by atoms with Crippen LogP contribution in [0.25, 0.3) is 0 Å². The molecular formula is C23H33N5S. The molecule has 29 heavy (non-hydrogen) atoms. The highest BCUT2D eigenvalue weighted by atomic mass is 32.1. The summed E-state index contributed by atoms with van der Waals surface area (Å²) in [7, 11) is 1.87. The van der Waals surface area contributed by atoms with Gasteiger partial charge in [0.25, 0.3) is 0 Å². The van der Waals surface area contributed by atoms with E-state index in [1.807, 2.05) is 18.4 Å². The Bertz CT molecular complexity index is 780. The van der Waals surface area contributed by atoms with E-state index in [2.05, 4.69) is 67.2 Å². The highest BCUT2D eigenvalue weighted by Gasteiger charge is 2.20. The van der Waals surface area contributed by atoms with Gasteiger partial charge in [-0.3, -0.25) is 9.89 Å². The number of fused-ring (bicyclic) bond motifs is 1. The zero-order valence-electron chi connectivity index (χ0n) is 17.4. The van der Waals surface area contributed by atoms with Crippen molar-refractivity contribution in [1.82, 2.24) is 15.5 Å². The van der Waals surface area contributed by atoms with Gasteiger partial charge in [0.1, 0.15) is 0 Å². The number of hydrogen-bond acceptors (Lipinski definition) is 4. The molecule has 2 aliphatic rings. The fourth-order valence-electron chi connectivity index (χ4n) is 4.34. The van der Waals surface area contributed by atoms with Crippen LogP contribution in [0.4, 0.5) is 5.00 Å². The van der Waals surface area contributed by atoms with Gasteiger partial charge in [-0.15, -0.1) is 11.3 Å². The number of piperidine rings is 1. The normalized spacial score (nSPS) is 18.5. The van der Waals surface area contributed by atoms with Gasteiger partial charge in [0.15, 0.2) is 5.96 Å². The Morgan fingerprint density at radius 1 is 1.10 bits per heavy atom. The number of guanidine groups is 1. The maximum Gasteiger partial charge on any atom is 0.191 e. The third-order valence-corrected chi connectivity index (χ3v) is 6.96. The van der Waals surface area contributed by atoms with Crippen molar-refractivity contribution in [1.29, 1.82) is 0 Å². The Hall–Kier alpha value is -2.05. The Balaban J connectivity index is 1.13. The van der Waals surface area contributed by atoms with Crippen LogP contribution in [-0.2, 0) is 13.0 Å². The summed E-state index contributed by atoms with van der Waals surface area (Å²) in [6.45, 7) is 6.60. The van der Waals surface area contributed by atoms with Crippen molar-refractivity contribution in [3.63, 3.8) is 0 Å². The van der Waals surface area contributed by atoms with Gasteiger partial charge in [-0.1, -0.05) is 24.3 Å². The van der Waals surface area contributed by atoms with E-state index in [4.69, 9.17) is 0 Å². The van der Waals surface area contributed by atoms with E-state index >= 15 is 0 Å². The van der Waals surface area contributed by atoms with E-state index in [0.29, 0.717) is 6.04 Å². The summed E-state index contributed by atoms with van der Waals surface area (Å²) in [5, 5.41) is 10.7. The molecule has 1 saturated heterocycles. The molecular weight excluding hydrogens is 378 g/mol. The Labute approximate surface area is 178 Å². The first-order chi connectivity index (χ1) is 14.3. The quantitative estimate of drug-likeness (QED) is 0.435. The van der Waals surface area contributed by atoms with Gasteiger partial charge in [0, 0.05) is 52.4 Å². The summed E-state index contributed by atoms with van der Waals surface area (Å²) in [4.78, 5) is 9.50. The van der Waals surface area contributed by atoms with Crippen LogP contribution in [-0.4, -0.2) is 56.7 Å². The average Bonchev–Trinajstić information content (AvgIpc) is 3.31. The summed E-state index contributed by atoms with van der Waals surface area (Å²) in [6.07, 6.45) is 4.63. The standard InChI is InChI=1S/C23H33N5S/c1-24-23(26-21-10-15-28(16-11-21)22-8-4-17-29-22)25-12-5-13-27-14-9-19-6-2-3-7-20(19)18-27/h2-4,6-8,17,21H,5,9-16,18H2,1H3,(H2,24,25,26). The molecule has 1 aromatic carbocycles. The van der Waals surface area contributed by atoms with Crippen molar-refractivity contribution in [3.8, 4) is 0 Å². The molecule has 2 aromatic rings. The van der Waals surface area contributed by atoms with E-state index < -0.39 is 0 Å². The van der Waals surface area contributed by atoms with Crippen LogP contribution in [0.2, 0.25) is 0 Å². The number of aliphatic imine (C=N–C) groups is 1. The molecule has 0 aliphatic carbocycles. The van der Waals surface area contributed by atoms with Crippen LogP contribution in [0.5, 0.6) is 0 Å². The minimum absolute atomic E-state index is 0.510. The molecule has 1 aromatic heterocycles. The first kappa shape index (κ1) is 20.2. The zero-order valence-corrected chi connectivity index (χ0v) is 18.3. The first-order valence-corrected chi connectivity index (χ1v) is 11.7. The largest absolute Gasteiger partial charge is 0.363 e. The predicted molar refractivity (Wildman–Crippen MR) is 124 cm³/mol. The zero-order chi connectivity index (χ0) is 19.9. The molecule has 4 rings (SSSR count). The summed E-state index contributed by atoms with van der Waals surface area (Å²) >= 11 is 1.84. The van der Waals surface area contributed by atoms with Gasteiger partial charge in [-0.25, -0.2) is 0 Å². The fraction of sp³-hybridized carbons (Fsp3) is 0.522. The van der Waals surface area contributed by atoms with E-state index in [0.717, 1.165) is 57.9 Å². The average molecular weight is 412 g/mol. The van der Waals surface area contributed by atoms with E-state index in [1.165, 1.54) is 29.1 Å². The lowest BCUT2D eigenvalue weighted by Crippen LogP contribution is -2.49. The van der Waals surface area contributed by atoms with E-state index in [9.17, 15) is 0 Å². The first-order valence-electron chi connectivity index (χ1n) is 10.9. The summed E-state index contributed by atoms with van der Waals surface area (Å²) in [5.74, 6) is 0.948. The molecule has 0 saturated carbocycles. The Morgan fingerprint density at radius 2 is 1.93 bits per heavy atom. The van der Waals surface area contributed by atoms with Crippen LogP contribution in [0, 0.1) is 0 Å². The maximum atomic E-state index is 4.43. The molecule has 2 aliphatic heterocycles. The molecule has 0 atom stereocenters. The second-order valence-corrected chi connectivity index (χ2v) is 8.93. The summed E-state index contributed by atoms with van der Waals surface area (Å²) in [5.41, 5.74) is 3.02. The van der Waals surface area contributed by atoms with Crippen molar-refractivity contribution in [2.75, 3.05) is 44.7 Å². The molecule has 0 amide bonds. The minimum Gasteiger partial charge on any atom is -0.363 e. The minimum atomic E-state index is 0.510. The smallest absolute Gasteiger partial charge is 0.191 e. The molecule has 3 heterocycles. The SMILES string of the molecule is CN=C(NCCCN1CCc2ccccc2C1)NC1CCN(c2cccs2)CC1. The maximum absolute atomic E-state index is 4.43. The lowest BCUT2D eigenvalue weighted by Gasteiger charge is -2.33. The molecule has 2 N–H and O–H groups in total. The third kappa shape index (κ3) is 5.52.